The number of carbonyl (C=O) groups excluding carboxylic acids is 2. The van der Waals surface area contributed by atoms with E-state index < -0.39 is 17.0 Å². The second kappa shape index (κ2) is 11.4. The van der Waals surface area contributed by atoms with Gasteiger partial charge in [-0.1, -0.05) is 18.2 Å². The normalized spacial score (nSPS) is 19.6. The minimum atomic E-state index is -0.603. The molecule has 2 amide bonds. The van der Waals surface area contributed by atoms with E-state index in [9.17, 15) is 9.59 Å². The van der Waals surface area contributed by atoms with Crippen molar-refractivity contribution >= 4 is 23.2 Å². The fraction of sp³-hybridized carbons (Fsp3) is 0.500. The minimum absolute atomic E-state index is 0.146. The lowest BCUT2D eigenvalue weighted by Gasteiger charge is -2.27. The third-order valence-electron chi connectivity index (χ3n) is 9.09. The number of hydrogen-bond acceptors (Lipinski definition) is 6. The van der Waals surface area contributed by atoms with Crippen molar-refractivity contribution in [1.82, 2.24) is 29.7 Å². The first-order valence-electron chi connectivity index (χ1n) is 16.6. The molecule has 4 heterocycles. The van der Waals surface area contributed by atoms with Gasteiger partial charge in [-0.25, -0.2) is 23.9 Å². The van der Waals surface area contributed by atoms with Crippen molar-refractivity contribution in [2.24, 2.45) is 0 Å². The highest BCUT2D eigenvalue weighted by molar-refractivity contribution is 5.84. The molecule has 2 fully saturated rings. The van der Waals surface area contributed by atoms with Gasteiger partial charge in [-0.05, 0) is 109 Å². The number of rotatable bonds is 3. The molecule has 0 unspecified atom stereocenters. The Kier molecular flexibility index (Phi) is 7.56. The lowest BCUT2D eigenvalue weighted by Crippen LogP contribution is -2.36. The largest absolute Gasteiger partial charge is 0.444 e. The predicted molar refractivity (Wildman–Crippen MR) is 176 cm³/mol. The summed E-state index contributed by atoms with van der Waals surface area (Å²) in [6, 6.07) is 9.20. The quantitative estimate of drug-likeness (QED) is 0.234. The van der Waals surface area contributed by atoms with Gasteiger partial charge in [-0.2, -0.15) is 0 Å². The summed E-state index contributed by atoms with van der Waals surface area (Å²) in [5, 5.41) is 0. The highest BCUT2D eigenvalue weighted by Gasteiger charge is 2.37. The number of likely N-dealkylation sites (tertiary alicyclic amines) is 2. The number of H-pyrrole nitrogens is 2. The highest BCUT2D eigenvalue weighted by atomic mass is 19.1. The van der Waals surface area contributed by atoms with Crippen LogP contribution in [-0.2, 0) is 22.3 Å². The number of aromatic amines is 2. The van der Waals surface area contributed by atoms with E-state index in [0.29, 0.717) is 24.4 Å². The topological polar surface area (TPSA) is 116 Å². The summed E-state index contributed by atoms with van der Waals surface area (Å²) < 4.78 is 26.8. The van der Waals surface area contributed by atoms with Gasteiger partial charge >= 0.3 is 12.2 Å². The molecular weight excluding hydrogens is 599 g/mol. The summed E-state index contributed by atoms with van der Waals surface area (Å²) in [5.74, 6) is 0.953. The van der Waals surface area contributed by atoms with Crippen LogP contribution in [0.1, 0.15) is 102 Å². The van der Waals surface area contributed by atoms with E-state index in [-0.39, 0.29) is 29.8 Å². The Morgan fingerprint density at radius 2 is 1.43 bits per heavy atom. The Balaban J connectivity index is 1.14. The molecule has 11 heteroatoms. The van der Waals surface area contributed by atoms with Gasteiger partial charge in [0.2, 0.25) is 0 Å². The Labute approximate surface area is 274 Å². The fourth-order valence-electron chi connectivity index (χ4n) is 7.06. The van der Waals surface area contributed by atoms with Gasteiger partial charge in [-0.15, -0.1) is 0 Å². The average molecular weight is 643 g/mol. The molecule has 0 bridgehead atoms. The second-order valence-corrected chi connectivity index (χ2v) is 15.0. The van der Waals surface area contributed by atoms with Crippen LogP contribution < -0.4 is 0 Å². The Bertz CT molecular complexity index is 1870. The number of nitrogens with one attached hydrogen (secondary N) is 2. The molecule has 4 aromatic rings. The molecule has 1 aliphatic carbocycles. The Morgan fingerprint density at radius 3 is 2.04 bits per heavy atom. The Morgan fingerprint density at radius 1 is 0.809 bits per heavy atom. The molecule has 3 aliphatic rings. The summed E-state index contributed by atoms with van der Waals surface area (Å²) in [5.41, 5.74) is 5.52. The summed E-state index contributed by atoms with van der Waals surface area (Å²) in [6.45, 7) is 12.4. The molecule has 0 spiro atoms. The smallest absolute Gasteiger partial charge is 0.410 e. The van der Waals surface area contributed by atoms with E-state index in [4.69, 9.17) is 14.5 Å². The molecule has 0 saturated carbocycles. The maximum absolute atomic E-state index is 15.5. The standard InChI is InChI=1S/C36H43FN6O4/c1-35(2,3)46-33(44)42-15-7-9-27(42)31-38-25-14-12-21-17-20(11-13-23(21)29(25)40-31)22-18-24(37)30-26(19-22)39-32(41-30)28-10-8-16-43(28)34(45)47-36(4,5)6/h11,13,17-19,27-28H,7-10,12,14-16H2,1-6H3,(H,38,40)(H,39,41)/t27-,28-/m0/s1. The molecule has 47 heavy (non-hydrogen) atoms. The molecule has 2 N–H and O–H groups in total. The van der Waals surface area contributed by atoms with Gasteiger partial charge in [0, 0.05) is 24.3 Å². The summed E-state index contributed by atoms with van der Waals surface area (Å²) in [4.78, 5) is 45.7. The van der Waals surface area contributed by atoms with Crippen LogP contribution in [0.2, 0.25) is 0 Å². The number of ether oxygens (including phenoxy) is 2. The molecule has 2 aromatic heterocycles. The zero-order chi connectivity index (χ0) is 33.2. The van der Waals surface area contributed by atoms with E-state index >= 15 is 4.39 Å². The summed E-state index contributed by atoms with van der Waals surface area (Å²) in [7, 11) is 0. The van der Waals surface area contributed by atoms with Crippen molar-refractivity contribution in [3.05, 3.63) is 59.1 Å². The van der Waals surface area contributed by atoms with Gasteiger partial charge in [-0.3, -0.25) is 9.80 Å². The number of hydrogen-bond donors (Lipinski definition) is 2. The maximum atomic E-state index is 15.5. The molecule has 0 radical (unpaired) electrons. The van der Waals surface area contributed by atoms with Crippen molar-refractivity contribution < 1.29 is 23.5 Å². The summed E-state index contributed by atoms with van der Waals surface area (Å²) >= 11 is 0. The van der Waals surface area contributed by atoms with Crippen LogP contribution in [0.4, 0.5) is 14.0 Å². The van der Waals surface area contributed by atoms with Gasteiger partial charge in [0.05, 0.1) is 23.3 Å². The van der Waals surface area contributed by atoms with E-state index in [1.54, 1.807) is 9.80 Å². The van der Waals surface area contributed by atoms with Crippen LogP contribution in [0.3, 0.4) is 0 Å². The third-order valence-corrected chi connectivity index (χ3v) is 9.09. The van der Waals surface area contributed by atoms with Crippen molar-refractivity contribution in [3.8, 4) is 22.4 Å². The van der Waals surface area contributed by atoms with E-state index in [2.05, 4.69) is 27.1 Å². The number of halogens is 1. The first-order valence-corrected chi connectivity index (χ1v) is 16.6. The van der Waals surface area contributed by atoms with E-state index in [1.165, 1.54) is 6.07 Å². The van der Waals surface area contributed by atoms with E-state index in [1.807, 2.05) is 53.7 Å². The zero-order valence-electron chi connectivity index (χ0n) is 28.0. The maximum Gasteiger partial charge on any atom is 0.410 e. The van der Waals surface area contributed by atoms with Crippen LogP contribution >= 0.6 is 0 Å². The van der Waals surface area contributed by atoms with Crippen LogP contribution in [-0.4, -0.2) is 66.2 Å². The van der Waals surface area contributed by atoms with Crippen LogP contribution in [0, 0.1) is 5.82 Å². The number of amides is 2. The van der Waals surface area contributed by atoms with Crippen LogP contribution in [0.15, 0.2) is 30.3 Å². The zero-order valence-corrected chi connectivity index (χ0v) is 28.0. The predicted octanol–water partition coefficient (Wildman–Crippen LogP) is 8.00. The number of fused-ring (bicyclic) bond motifs is 4. The Hall–Kier alpha value is -4.41. The average Bonchev–Trinajstić information content (AvgIpc) is 3.79. The second-order valence-electron chi connectivity index (χ2n) is 15.0. The molecule has 2 aliphatic heterocycles. The van der Waals surface area contributed by atoms with Gasteiger partial charge in [0.25, 0.3) is 0 Å². The van der Waals surface area contributed by atoms with Crippen LogP contribution in [0.5, 0.6) is 0 Å². The SMILES string of the molecule is CC(C)(C)OC(=O)N1CCC[C@H]1c1nc2c([nH]1)CCc1cc(-c3cc(F)c4nc([C@@H]5CCCN5C(=O)OC(C)(C)C)[nH]c4c3)ccc1-2. The molecule has 2 aromatic carbocycles. The number of aryl methyl sites for hydroxylation is 2. The number of benzene rings is 2. The van der Waals surface area contributed by atoms with Crippen molar-refractivity contribution in [1.29, 1.82) is 0 Å². The summed E-state index contributed by atoms with van der Waals surface area (Å²) in [6.07, 6.45) is 4.21. The van der Waals surface area contributed by atoms with E-state index in [0.717, 1.165) is 78.0 Å². The molecule has 2 saturated heterocycles. The van der Waals surface area contributed by atoms with Gasteiger partial charge < -0.3 is 19.4 Å². The van der Waals surface area contributed by atoms with Crippen molar-refractivity contribution in [3.63, 3.8) is 0 Å². The minimum Gasteiger partial charge on any atom is -0.444 e. The van der Waals surface area contributed by atoms with Crippen molar-refractivity contribution in [2.45, 2.75) is 103 Å². The lowest BCUT2D eigenvalue weighted by molar-refractivity contribution is 0.0208. The molecule has 10 nitrogen and oxygen atoms in total. The highest BCUT2D eigenvalue weighted by Crippen LogP contribution is 2.40. The van der Waals surface area contributed by atoms with Crippen LogP contribution in [0.25, 0.3) is 33.4 Å². The van der Waals surface area contributed by atoms with Gasteiger partial charge in [0.15, 0.2) is 5.82 Å². The van der Waals surface area contributed by atoms with Gasteiger partial charge in [0.1, 0.15) is 28.4 Å². The fourth-order valence-corrected chi connectivity index (χ4v) is 7.06. The molecule has 7 rings (SSSR count). The molecule has 248 valence electrons. The monoisotopic (exact) mass is 642 g/mol. The molecule has 2 atom stereocenters. The number of imidazole rings is 2. The number of carbonyl (C=O) groups is 2. The third kappa shape index (κ3) is 6.07. The first-order chi connectivity index (χ1) is 22.2. The van der Waals surface area contributed by atoms with Crippen molar-refractivity contribution in [2.75, 3.05) is 13.1 Å². The number of nitrogens with zero attached hydrogens (tertiary/aromatic N) is 4. The molecular formula is C36H43FN6O4. The lowest BCUT2D eigenvalue weighted by atomic mass is 9.89. The first kappa shape index (κ1) is 31.2. The number of aromatic nitrogens is 4.